The van der Waals surface area contributed by atoms with E-state index in [0.29, 0.717) is 29.9 Å². The highest BCUT2D eigenvalue weighted by molar-refractivity contribution is 6.02. The van der Waals surface area contributed by atoms with Crippen LogP contribution in [0.4, 0.5) is 0 Å². The molecule has 0 fully saturated rings. The fourth-order valence-electron chi connectivity index (χ4n) is 2.15. The van der Waals surface area contributed by atoms with Gasteiger partial charge in [-0.15, -0.1) is 0 Å². The molecule has 0 bridgehead atoms. The quantitative estimate of drug-likeness (QED) is 0.817. The molecular formula is C17H21N3O3. The van der Waals surface area contributed by atoms with E-state index in [1.807, 2.05) is 32.0 Å². The number of hydrogen-bond donors (Lipinski definition) is 2. The maximum atomic E-state index is 12.2. The molecule has 0 spiro atoms. The molecule has 0 aliphatic heterocycles. The second-order valence-corrected chi connectivity index (χ2v) is 5.02. The highest BCUT2D eigenvalue weighted by atomic mass is 16.5. The number of nitrogens with one attached hydrogen (secondary N) is 2. The Morgan fingerprint density at radius 3 is 2.74 bits per heavy atom. The van der Waals surface area contributed by atoms with Crippen molar-refractivity contribution < 1.29 is 14.3 Å². The van der Waals surface area contributed by atoms with Gasteiger partial charge in [-0.3, -0.25) is 14.6 Å². The summed E-state index contributed by atoms with van der Waals surface area (Å²) in [6.07, 6.45) is 2.49. The molecular weight excluding hydrogens is 294 g/mol. The van der Waals surface area contributed by atoms with Crippen molar-refractivity contribution in [2.24, 2.45) is 0 Å². The van der Waals surface area contributed by atoms with Crippen LogP contribution in [-0.2, 0) is 4.79 Å². The van der Waals surface area contributed by atoms with Crippen LogP contribution in [0.1, 0.15) is 30.6 Å². The third-order valence-electron chi connectivity index (χ3n) is 3.23. The van der Waals surface area contributed by atoms with E-state index in [4.69, 9.17) is 4.74 Å². The lowest BCUT2D eigenvalue weighted by molar-refractivity contribution is -0.123. The molecule has 1 heterocycles. The van der Waals surface area contributed by atoms with Gasteiger partial charge in [0.25, 0.3) is 11.8 Å². The number of ether oxygens (including phenoxy) is 1. The average Bonchev–Trinajstić information content (AvgIpc) is 2.57. The molecule has 6 nitrogen and oxygen atoms in total. The van der Waals surface area contributed by atoms with Crippen molar-refractivity contribution in [1.82, 2.24) is 15.6 Å². The second-order valence-electron chi connectivity index (χ2n) is 5.02. The number of carbonyl (C=O) groups excluding carboxylic acids is 2. The number of amides is 2. The summed E-state index contributed by atoms with van der Waals surface area (Å²) in [5, 5.41) is 6.33. The van der Waals surface area contributed by atoms with Gasteiger partial charge in [-0.05, 0) is 25.5 Å². The largest absolute Gasteiger partial charge is 0.481 e. The van der Waals surface area contributed by atoms with Gasteiger partial charge in [-0.1, -0.05) is 19.1 Å². The Morgan fingerprint density at radius 1 is 1.17 bits per heavy atom. The fourth-order valence-corrected chi connectivity index (χ4v) is 2.15. The van der Waals surface area contributed by atoms with E-state index in [1.54, 1.807) is 12.3 Å². The summed E-state index contributed by atoms with van der Waals surface area (Å²) in [6, 6.07) is 7.20. The molecule has 2 amide bonds. The van der Waals surface area contributed by atoms with Crippen LogP contribution in [0, 0.1) is 0 Å². The Morgan fingerprint density at radius 2 is 2.00 bits per heavy atom. The third kappa shape index (κ3) is 4.18. The minimum absolute atomic E-state index is 0.151. The van der Waals surface area contributed by atoms with Crippen molar-refractivity contribution in [3.05, 3.63) is 36.0 Å². The summed E-state index contributed by atoms with van der Waals surface area (Å²) < 4.78 is 5.64. The summed E-state index contributed by atoms with van der Waals surface area (Å²) in [5.41, 5.74) is 0.945. The highest BCUT2D eigenvalue weighted by Crippen LogP contribution is 2.28. The maximum Gasteiger partial charge on any atom is 0.257 e. The minimum atomic E-state index is -0.246. The van der Waals surface area contributed by atoms with E-state index in [1.165, 1.54) is 0 Å². The van der Waals surface area contributed by atoms with Gasteiger partial charge in [-0.2, -0.15) is 0 Å². The number of aromatic nitrogens is 1. The lowest BCUT2D eigenvalue weighted by Crippen LogP contribution is -2.30. The minimum Gasteiger partial charge on any atom is -0.481 e. The van der Waals surface area contributed by atoms with Gasteiger partial charge in [0, 0.05) is 24.7 Å². The van der Waals surface area contributed by atoms with Gasteiger partial charge >= 0.3 is 0 Å². The van der Waals surface area contributed by atoms with Gasteiger partial charge in [0.15, 0.2) is 12.4 Å². The Balaban J connectivity index is 2.31. The van der Waals surface area contributed by atoms with Gasteiger partial charge < -0.3 is 15.4 Å². The summed E-state index contributed by atoms with van der Waals surface area (Å²) in [7, 11) is 0. The molecule has 2 N–H and O–H groups in total. The zero-order chi connectivity index (χ0) is 16.7. The molecule has 0 radical (unpaired) electrons. The lowest BCUT2D eigenvalue weighted by atomic mass is 10.1. The molecule has 0 saturated carbocycles. The molecule has 6 heteroatoms. The standard InChI is InChI=1S/C17H21N3O3/c1-3-9-19-14(21)11-23-16-13(17(22)18-4-2)8-7-12-6-5-10-20-15(12)16/h5-8,10H,3-4,9,11H2,1-2H3,(H,18,22)(H,19,21). The average molecular weight is 315 g/mol. The van der Waals surface area contributed by atoms with Gasteiger partial charge in [-0.25, -0.2) is 0 Å². The number of rotatable bonds is 7. The summed E-state index contributed by atoms with van der Waals surface area (Å²) in [5.74, 6) is -0.133. The van der Waals surface area contributed by atoms with Crippen molar-refractivity contribution in [1.29, 1.82) is 0 Å². The number of fused-ring (bicyclic) bond motifs is 1. The molecule has 2 rings (SSSR count). The fraction of sp³-hybridized carbons (Fsp3) is 0.353. The molecule has 23 heavy (non-hydrogen) atoms. The summed E-state index contributed by atoms with van der Waals surface area (Å²) in [6.45, 7) is 4.77. The van der Waals surface area contributed by atoms with E-state index >= 15 is 0 Å². The van der Waals surface area contributed by atoms with Crippen LogP contribution in [0.25, 0.3) is 10.9 Å². The van der Waals surface area contributed by atoms with E-state index in [0.717, 1.165) is 11.8 Å². The summed E-state index contributed by atoms with van der Waals surface area (Å²) >= 11 is 0. The van der Waals surface area contributed by atoms with Crippen LogP contribution in [0.5, 0.6) is 5.75 Å². The molecule has 0 unspecified atom stereocenters. The topological polar surface area (TPSA) is 80.3 Å². The number of benzene rings is 1. The van der Waals surface area contributed by atoms with Crippen LogP contribution in [-0.4, -0.2) is 36.5 Å². The van der Waals surface area contributed by atoms with Crippen molar-refractivity contribution >= 4 is 22.7 Å². The predicted molar refractivity (Wildman–Crippen MR) is 88.5 cm³/mol. The SMILES string of the molecule is CCCNC(=O)COc1c(C(=O)NCC)ccc2cccnc12. The number of carbonyl (C=O) groups is 2. The van der Waals surface area contributed by atoms with Crippen molar-refractivity contribution in [3.63, 3.8) is 0 Å². The highest BCUT2D eigenvalue weighted by Gasteiger charge is 2.17. The Bertz CT molecular complexity index is 701. The molecule has 0 aliphatic rings. The molecule has 0 aliphatic carbocycles. The first kappa shape index (κ1) is 16.7. The molecule has 0 saturated heterocycles. The molecule has 1 aromatic carbocycles. The second kappa shape index (κ2) is 8.12. The van der Waals surface area contributed by atoms with Gasteiger partial charge in [0.2, 0.25) is 0 Å². The van der Waals surface area contributed by atoms with Crippen molar-refractivity contribution in [3.8, 4) is 5.75 Å². The zero-order valence-corrected chi connectivity index (χ0v) is 13.4. The predicted octanol–water partition coefficient (Wildman–Crippen LogP) is 1.89. The smallest absolute Gasteiger partial charge is 0.257 e. The molecule has 2 aromatic rings. The van der Waals surface area contributed by atoms with Crippen LogP contribution < -0.4 is 15.4 Å². The van der Waals surface area contributed by atoms with Crippen LogP contribution >= 0.6 is 0 Å². The third-order valence-corrected chi connectivity index (χ3v) is 3.23. The normalized spacial score (nSPS) is 10.3. The first-order chi connectivity index (χ1) is 11.2. The summed E-state index contributed by atoms with van der Waals surface area (Å²) in [4.78, 5) is 28.3. The maximum absolute atomic E-state index is 12.2. The first-order valence-corrected chi connectivity index (χ1v) is 7.72. The van der Waals surface area contributed by atoms with E-state index in [2.05, 4.69) is 15.6 Å². The number of nitrogens with zero attached hydrogens (tertiary/aromatic N) is 1. The van der Waals surface area contributed by atoms with Crippen molar-refractivity contribution in [2.45, 2.75) is 20.3 Å². The Kier molecular flexibility index (Phi) is 5.91. The van der Waals surface area contributed by atoms with Crippen LogP contribution in [0.2, 0.25) is 0 Å². The number of pyridine rings is 1. The lowest BCUT2D eigenvalue weighted by Gasteiger charge is -2.13. The zero-order valence-electron chi connectivity index (χ0n) is 13.4. The molecule has 0 atom stereocenters. The Labute approximate surface area is 135 Å². The van der Waals surface area contributed by atoms with E-state index in [9.17, 15) is 9.59 Å². The van der Waals surface area contributed by atoms with Crippen LogP contribution in [0.15, 0.2) is 30.5 Å². The monoisotopic (exact) mass is 315 g/mol. The van der Waals surface area contributed by atoms with E-state index < -0.39 is 0 Å². The Hall–Kier alpha value is -2.63. The van der Waals surface area contributed by atoms with E-state index in [-0.39, 0.29) is 18.4 Å². The van der Waals surface area contributed by atoms with Gasteiger partial charge in [0.05, 0.1) is 5.56 Å². The van der Waals surface area contributed by atoms with Crippen LogP contribution in [0.3, 0.4) is 0 Å². The molecule has 1 aromatic heterocycles. The van der Waals surface area contributed by atoms with Crippen molar-refractivity contribution in [2.75, 3.05) is 19.7 Å². The number of hydrogen-bond acceptors (Lipinski definition) is 4. The first-order valence-electron chi connectivity index (χ1n) is 7.72. The van der Waals surface area contributed by atoms with Gasteiger partial charge in [0.1, 0.15) is 5.52 Å². The molecule has 122 valence electrons.